The standard InChI is InChI=1S/C10H15N3O3/c1-7(9(14)12-10(11)15)13(2)6-8-4-3-5-16-8/h3-5,7H,6H2,1-2H3,(H3,11,12,14,15)/t7-/m0/s1. The molecule has 1 rings (SSSR count). The Balaban J connectivity index is 2.50. The minimum atomic E-state index is -0.844. The maximum absolute atomic E-state index is 11.4. The van der Waals surface area contributed by atoms with E-state index in [-0.39, 0.29) is 0 Å². The van der Waals surface area contributed by atoms with Gasteiger partial charge in [0.2, 0.25) is 5.91 Å². The van der Waals surface area contributed by atoms with Gasteiger partial charge < -0.3 is 10.2 Å². The molecule has 88 valence electrons. The average Bonchev–Trinajstić information content (AvgIpc) is 2.68. The van der Waals surface area contributed by atoms with Crippen LogP contribution in [-0.4, -0.2) is 29.9 Å². The minimum absolute atomic E-state index is 0.429. The third-order valence-corrected chi connectivity index (χ3v) is 2.27. The fraction of sp³-hybridized carbons (Fsp3) is 0.400. The number of nitrogens with zero attached hydrogens (tertiary/aromatic N) is 1. The van der Waals surface area contributed by atoms with Crippen molar-refractivity contribution in [1.29, 1.82) is 0 Å². The molecule has 0 aliphatic rings. The van der Waals surface area contributed by atoms with Gasteiger partial charge in [0, 0.05) is 0 Å². The summed E-state index contributed by atoms with van der Waals surface area (Å²) in [6.45, 7) is 2.17. The number of nitrogens with one attached hydrogen (secondary N) is 1. The second-order valence-electron chi connectivity index (χ2n) is 3.52. The number of carbonyl (C=O) groups is 2. The van der Waals surface area contributed by atoms with E-state index in [4.69, 9.17) is 10.2 Å². The molecular formula is C10H15N3O3. The molecule has 0 aliphatic carbocycles. The van der Waals surface area contributed by atoms with Crippen LogP contribution in [0.25, 0.3) is 0 Å². The Morgan fingerprint density at radius 3 is 2.81 bits per heavy atom. The molecule has 16 heavy (non-hydrogen) atoms. The lowest BCUT2D eigenvalue weighted by Gasteiger charge is -2.21. The van der Waals surface area contributed by atoms with Crippen molar-refractivity contribution in [2.45, 2.75) is 19.5 Å². The lowest BCUT2D eigenvalue weighted by atomic mass is 10.2. The first-order valence-electron chi connectivity index (χ1n) is 4.83. The molecule has 0 unspecified atom stereocenters. The van der Waals surface area contributed by atoms with Crippen LogP contribution in [-0.2, 0) is 11.3 Å². The molecule has 0 aromatic carbocycles. The van der Waals surface area contributed by atoms with Gasteiger partial charge in [-0.2, -0.15) is 0 Å². The van der Waals surface area contributed by atoms with Gasteiger partial charge in [0.25, 0.3) is 0 Å². The number of nitrogens with two attached hydrogens (primary N) is 1. The molecule has 0 aliphatic heterocycles. The van der Waals surface area contributed by atoms with E-state index in [1.54, 1.807) is 31.2 Å². The Labute approximate surface area is 93.4 Å². The number of primary amides is 1. The van der Waals surface area contributed by atoms with Crippen LogP contribution in [0.15, 0.2) is 22.8 Å². The van der Waals surface area contributed by atoms with E-state index < -0.39 is 18.0 Å². The van der Waals surface area contributed by atoms with Gasteiger partial charge in [-0.25, -0.2) is 4.79 Å². The van der Waals surface area contributed by atoms with Crippen LogP contribution in [0.4, 0.5) is 4.79 Å². The van der Waals surface area contributed by atoms with Crippen LogP contribution in [0.5, 0.6) is 0 Å². The van der Waals surface area contributed by atoms with Crippen LogP contribution in [0.3, 0.4) is 0 Å². The molecule has 0 bridgehead atoms. The van der Waals surface area contributed by atoms with Gasteiger partial charge in [0.1, 0.15) is 5.76 Å². The second kappa shape index (κ2) is 5.32. The summed E-state index contributed by atoms with van der Waals surface area (Å²) in [7, 11) is 1.76. The van der Waals surface area contributed by atoms with Gasteiger partial charge in [-0.05, 0) is 26.1 Å². The Kier molecular flexibility index (Phi) is 4.07. The van der Waals surface area contributed by atoms with Crippen molar-refractivity contribution in [2.24, 2.45) is 5.73 Å². The van der Waals surface area contributed by atoms with Crippen molar-refractivity contribution >= 4 is 11.9 Å². The molecule has 0 radical (unpaired) electrons. The van der Waals surface area contributed by atoms with Gasteiger partial charge in [-0.15, -0.1) is 0 Å². The largest absolute Gasteiger partial charge is 0.468 e. The summed E-state index contributed by atoms with van der Waals surface area (Å²) in [6, 6.07) is 2.29. The maximum atomic E-state index is 11.4. The summed E-state index contributed by atoms with van der Waals surface area (Å²) >= 11 is 0. The zero-order valence-electron chi connectivity index (χ0n) is 9.27. The number of imide groups is 1. The van der Waals surface area contributed by atoms with Crippen LogP contribution in [0.1, 0.15) is 12.7 Å². The van der Waals surface area contributed by atoms with Crippen molar-refractivity contribution < 1.29 is 14.0 Å². The van der Waals surface area contributed by atoms with Crippen molar-refractivity contribution in [3.05, 3.63) is 24.2 Å². The highest BCUT2D eigenvalue weighted by molar-refractivity contribution is 5.96. The van der Waals surface area contributed by atoms with Crippen LogP contribution < -0.4 is 11.1 Å². The van der Waals surface area contributed by atoms with E-state index >= 15 is 0 Å². The number of rotatable bonds is 4. The molecule has 1 heterocycles. The predicted octanol–water partition coefficient (Wildman–Crippen LogP) is 0.295. The van der Waals surface area contributed by atoms with Crippen molar-refractivity contribution in [1.82, 2.24) is 10.2 Å². The number of furan rings is 1. The summed E-state index contributed by atoms with van der Waals surface area (Å²) in [4.78, 5) is 23.7. The quantitative estimate of drug-likeness (QED) is 0.771. The molecule has 1 aromatic heterocycles. The first-order valence-corrected chi connectivity index (χ1v) is 4.83. The fourth-order valence-electron chi connectivity index (χ4n) is 1.21. The topological polar surface area (TPSA) is 88.6 Å². The summed E-state index contributed by atoms with van der Waals surface area (Å²) in [5, 5.41) is 2.03. The zero-order valence-corrected chi connectivity index (χ0v) is 9.27. The van der Waals surface area contributed by atoms with E-state index in [1.807, 2.05) is 11.4 Å². The van der Waals surface area contributed by atoms with E-state index in [0.29, 0.717) is 6.54 Å². The number of hydrogen-bond donors (Lipinski definition) is 2. The molecule has 1 aromatic rings. The number of hydrogen-bond acceptors (Lipinski definition) is 4. The molecule has 3 N–H and O–H groups in total. The van der Waals surface area contributed by atoms with Gasteiger partial charge >= 0.3 is 6.03 Å². The Bertz CT molecular complexity index is 361. The molecule has 6 nitrogen and oxygen atoms in total. The molecule has 3 amide bonds. The number of likely N-dealkylation sites (N-methyl/N-ethyl adjacent to an activating group) is 1. The highest BCUT2D eigenvalue weighted by atomic mass is 16.3. The number of carbonyl (C=O) groups excluding carboxylic acids is 2. The van der Waals surface area contributed by atoms with Crippen molar-refractivity contribution in [3.8, 4) is 0 Å². The molecule has 0 saturated heterocycles. The fourth-order valence-corrected chi connectivity index (χ4v) is 1.21. The minimum Gasteiger partial charge on any atom is -0.468 e. The van der Waals surface area contributed by atoms with Crippen LogP contribution in [0, 0.1) is 0 Å². The smallest absolute Gasteiger partial charge is 0.318 e. The van der Waals surface area contributed by atoms with E-state index in [2.05, 4.69) is 0 Å². The summed E-state index contributed by atoms with van der Waals surface area (Å²) in [5.74, 6) is 0.322. The predicted molar refractivity (Wildman–Crippen MR) is 57.4 cm³/mol. The van der Waals surface area contributed by atoms with E-state index in [9.17, 15) is 9.59 Å². The lowest BCUT2D eigenvalue weighted by molar-refractivity contribution is -0.124. The first-order chi connectivity index (χ1) is 7.50. The Hall–Kier alpha value is -1.82. The van der Waals surface area contributed by atoms with Gasteiger partial charge in [-0.1, -0.05) is 0 Å². The van der Waals surface area contributed by atoms with Crippen LogP contribution >= 0.6 is 0 Å². The molecule has 0 fully saturated rings. The molecule has 1 atom stereocenters. The highest BCUT2D eigenvalue weighted by Crippen LogP contribution is 2.06. The third-order valence-electron chi connectivity index (χ3n) is 2.27. The van der Waals surface area contributed by atoms with Gasteiger partial charge in [0.05, 0.1) is 18.8 Å². The molecule has 6 heteroatoms. The van der Waals surface area contributed by atoms with Crippen molar-refractivity contribution in [3.63, 3.8) is 0 Å². The molecule has 0 saturated carbocycles. The normalized spacial score (nSPS) is 12.4. The number of amides is 3. The van der Waals surface area contributed by atoms with Crippen molar-refractivity contribution in [2.75, 3.05) is 7.05 Å². The molecular weight excluding hydrogens is 210 g/mol. The average molecular weight is 225 g/mol. The summed E-state index contributed by atoms with van der Waals surface area (Å²) in [6.07, 6.45) is 1.57. The van der Waals surface area contributed by atoms with Gasteiger partial charge in [0.15, 0.2) is 0 Å². The third kappa shape index (κ3) is 3.39. The summed E-state index contributed by atoms with van der Waals surface area (Å²) in [5.41, 5.74) is 4.86. The maximum Gasteiger partial charge on any atom is 0.318 e. The highest BCUT2D eigenvalue weighted by Gasteiger charge is 2.19. The molecule has 0 spiro atoms. The second-order valence-corrected chi connectivity index (χ2v) is 3.52. The number of urea groups is 1. The van der Waals surface area contributed by atoms with Gasteiger partial charge in [-0.3, -0.25) is 15.0 Å². The monoisotopic (exact) mass is 225 g/mol. The first kappa shape index (κ1) is 12.3. The van der Waals surface area contributed by atoms with Crippen LogP contribution in [0.2, 0.25) is 0 Å². The van der Waals surface area contributed by atoms with E-state index in [0.717, 1.165) is 5.76 Å². The SMILES string of the molecule is C[C@@H](C(=O)NC(N)=O)N(C)Cc1ccco1. The Morgan fingerprint density at radius 1 is 1.62 bits per heavy atom. The zero-order chi connectivity index (χ0) is 12.1. The lowest BCUT2D eigenvalue weighted by Crippen LogP contribution is -2.46. The van der Waals surface area contributed by atoms with E-state index in [1.165, 1.54) is 0 Å². The Morgan fingerprint density at radius 2 is 2.31 bits per heavy atom. The summed E-state index contributed by atoms with van der Waals surface area (Å²) < 4.78 is 5.15.